The van der Waals surface area contributed by atoms with Crippen LogP contribution in [0.5, 0.6) is 0 Å². The number of carbonyl (C=O) groups excluding carboxylic acids is 4. The SMILES string of the molecule is COC(=O)C(C)(C)NC(=O)[C@@H](NC(=O)C(C)(C)NC(=O)OCc1ccccc1)c1ccccn1. The largest absolute Gasteiger partial charge is 0.467 e. The van der Waals surface area contributed by atoms with Gasteiger partial charge in [-0.15, -0.1) is 0 Å². The van der Waals surface area contributed by atoms with Gasteiger partial charge in [0.25, 0.3) is 0 Å². The highest BCUT2D eigenvalue weighted by Gasteiger charge is 2.37. The van der Waals surface area contributed by atoms with Crippen LogP contribution in [0.25, 0.3) is 0 Å². The second-order valence-corrected chi connectivity index (χ2v) is 8.58. The summed E-state index contributed by atoms with van der Waals surface area (Å²) in [7, 11) is 1.21. The lowest BCUT2D eigenvalue weighted by atomic mass is 10.0. The highest BCUT2D eigenvalue weighted by Crippen LogP contribution is 2.16. The van der Waals surface area contributed by atoms with Gasteiger partial charge in [-0.1, -0.05) is 36.4 Å². The molecule has 0 saturated carbocycles. The standard InChI is InChI=1S/C24H30N4O6/c1-23(2,28-22(32)34-15-16-11-7-6-8-12-16)20(30)26-18(17-13-9-10-14-25-17)19(29)27-24(3,4)21(31)33-5/h6-14,18H,15H2,1-5H3,(H,26,30)(H,27,29)(H,28,32)/t18-/m0/s1. The third-order valence-electron chi connectivity index (χ3n) is 4.85. The van der Waals surface area contributed by atoms with Crippen LogP contribution in [-0.4, -0.2) is 47.0 Å². The summed E-state index contributed by atoms with van der Waals surface area (Å²) in [5, 5.41) is 7.66. The molecule has 0 unspecified atom stereocenters. The van der Waals surface area contributed by atoms with Crippen molar-refractivity contribution in [2.75, 3.05) is 7.11 Å². The Morgan fingerprint density at radius 1 is 0.912 bits per heavy atom. The molecule has 1 aromatic heterocycles. The van der Waals surface area contributed by atoms with E-state index in [1.807, 2.05) is 18.2 Å². The van der Waals surface area contributed by atoms with Crippen LogP contribution in [0.3, 0.4) is 0 Å². The lowest BCUT2D eigenvalue weighted by molar-refractivity contribution is -0.149. The molecule has 2 aromatic rings. The van der Waals surface area contributed by atoms with Crippen molar-refractivity contribution in [1.82, 2.24) is 20.9 Å². The number of alkyl carbamates (subject to hydrolysis) is 1. The topological polar surface area (TPSA) is 136 Å². The Kier molecular flexibility index (Phi) is 8.71. The Hall–Kier alpha value is -3.95. The average molecular weight is 471 g/mol. The van der Waals surface area contributed by atoms with Gasteiger partial charge in [-0.2, -0.15) is 0 Å². The molecule has 1 aromatic carbocycles. The maximum Gasteiger partial charge on any atom is 0.408 e. The van der Waals surface area contributed by atoms with Crippen LogP contribution in [0.1, 0.15) is 45.0 Å². The van der Waals surface area contributed by atoms with E-state index in [0.717, 1.165) is 5.56 Å². The van der Waals surface area contributed by atoms with Crippen LogP contribution < -0.4 is 16.0 Å². The number of hydrogen-bond donors (Lipinski definition) is 3. The smallest absolute Gasteiger partial charge is 0.408 e. The Labute approximate surface area is 198 Å². The molecule has 0 aliphatic heterocycles. The average Bonchev–Trinajstić information content (AvgIpc) is 2.81. The van der Waals surface area contributed by atoms with Crippen LogP contribution in [0, 0.1) is 0 Å². The Balaban J connectivity index is 2.11. The number of methoxy groups -OCH3 is 1. The summed E-state index contributed by atoms with van der Waals surface area (Å²) < 4.78 is 9.90. The molecule has 1 atom stereocenters. The van der Waals surface area contributed by atoms with Crippen molar-refractivity contribution in [2.45, 2.75) is 51.4 Å². The lowest BCUT2D eigenvalue weighted by Crippen LogP contribution is -2.58. The summed E-state index contributed by atoms with van der Waals surface area (Å²) >= 11 is 0. The second kappa shape index (κ2) is 11.3. The molecule has 2 rings (SSSR count). The quantitative estimate of drug-likeness (QED) is 0.477. The molecule has 0 fully saturated rings. The van der Waals surface area contributed by atoms with E-state index in [-0.39, 0.29) is 12.3 Å². The Morgan fingerprint density at radius 2 is 1.56 bits per heavy atom. The van der Waals surface area contributed by atoms with Gasteiger partial charge in [-0.05, 0) is 45.4 Å². The minimum absolute atomic E-state index is 0.0337. The van der Waals surface area contributed by atoms with E-state index in [0.29, 0.717) is 0 Å². The molecule has 3 N–H and O–H groups in total. The second-order valence-electron chi connectivity index (χ2n) is 8.58. The highest BCUT2D eigenvalue weighted by molar-refractivity contribution is 5.95. The zero-order chi connectivity index (χ0) is 25.4. The van der Waals surface area contributed by atoms with Crippen LogP contribution in [0.15, 0.2) is 54.7 Å². The molecule has 0 spiro atoms. The third kappa shape index (κ3) is 7.29. The number of hydrogen-bond acceptors (Lipinski definition) is 7. The number of pyridine rings is 1. The molecule has 0 saturated heterocycles. The number of aromatic nitrogens is 1. The lowest BCUT2D eigenvalue weighted by Gasteiger charge is -2.29. The van der Waals surface area contributed by atoms with E-state index in [1.54, 1.807) is 30.3 Å². The van der Waals surface area contributed by atoms with Gasteiger partial charge in [0.05, 0.1) is 12.8 Å². The summed E-state index contributed by atoms with van der Waals surface area (Å²) in [4.78, 5) is 54.5. The van der Waals surface area contributed by atoms with E-state index in [2.05, 4.69) is 20.9 Å². The van der Waals surface area contributed by atoms with Crippen molar-refractivity contribution in [2.24, 2.45) is 0 Å². The van der Waals surface area contributed by atoms with Gasteiger partial charge in [-0.3, -0.25) is 14.6 Å². The summed E-state index contributed by atoms with van der Waals surface area (Å²) in [6, 6.07) is 12.7. The fourth-order valence-corrected chi connectivity index (χ4v) is 2.89. The molecule has 1 heterocycles. The molecule has 3 amide bonds. The maximum atomic E-state index is 13.0. The first-order valence-corrected chi connectivity index (χ1v) is 10.6. The van der Waals surface area contributed by atoms with Crippen LogP contribution in [0.2, 0.25) is 0 Å². The molecule has 0 bridgehead atoms. The van der Waals surface area contributed by atoms with Crippen molar-refractivity contribution in [1.29, 1.82) is 0 Å². The number of rotatable bonds is 9. The van der Waals surface area contributed by atoms with Crippen LogP contribution >= 0.6 is 0 Å². The molecule has 0 radical (unpaired) electrons. The Bertz CT molecular complexity index is 1010. The molecule has 10 heteroatoms. The third-order valence-corrected chi connectivity index (χ3v) is 4.85. The predicted molar refractivity (Wildman–Crippen MR) is 123 cm³/mol. The summed E-state index contributed by atoms with van der Waals surface area (Å²) in [6.45, 7) is 5.92. The van der Waals surface area contributed by atoms with E-state index >= 15 is 0 Å². The molecular weight excluding hydrogens is 440 g/mol. The van der Waals surface area contributed by atoms with Gasteiger partial charge >= 0.3 is 12.1 Å². The summed E-state index contributed by atoms with van der Waals surface area (Å²) in [5.74, 6) is -1.99. The number of esters is 1. The van der Waals surface area contributed by atoms with Crippen molar-refractivity contribution in [3.8, 4) is 0 Å². The van der Waals surface area contributed by atoms with Gasteiger partial charge in [0, 0.05) is 6.20 Å². The molecule has 10 nitrogen and oxygen atoms in total. The molecule has 34 heavy (non-hydrogen) atoms. The van der Waals surface area contributed by atoms with Crippen molar-refractivity contribution in [3.05, 3.63) is 66.0 Å². The number of amides is 3. The number of carbonyl (C=O) groups is 4. The number of ether oxygens (including phenoxy) is 2. The zero-order valence-electron chi connectivity index (χ0n) is 19.9. The molecule has 0 aliphatic carbocycles. The van der Waals surface area contributed by atoms with Crippen molar-refractivity contribution in [3.63, 3.8) is 0 Å². The highest BCUT2D eigenvalue weighted by atomic mass is 16.5. The predicted octanol–water partition coefficient (Wildman–Crippen LogP) is 2.01. The fourth-order valence-electron chi connectivity index (χ4n) is 2.89. The molecule has 182 valence electrons. The minimum atomic E-state index is -1.43. The first-order chi connectivity index (χ1) is 16.0. The van der Waals surface area contributed by atoms with E-state index < -0.39 is 41.0 Å². The van der Waals surface area contributed by atoms with Gasteiger partial charge in [-0.25, -0.2) is 9.59 Å². The van der Waals surface area contributed by atoms with Crippen molar-refractivity contribution < 1.29 is 28.7 Å². The molecule has 0 aliphatic rings. The van der Waals surface area contributed by atoms with Crippen molar-refractivity contribution >= 4 is 23.9 Å². The number of nitrogens with zero attached hydrogens (tertiary/aromatic N) is 1. The zero-order valence-corrected chi connectivity index (χ0v) is 19.9. The normalized spacial score (nSPS) is 12.1. The minimum Gasteiger partial charge on any atom is -0.467 e. The summed E-state index contributed by atoms with van der Waals surface area (Å²) in [6.07, 6.45) is 0.673. The van der Waals surface area contributed by atoms with E-state index in [4.69, 9.17) is 9.47 Å². The van der Waals surface area contributed by atoms with Gasteiger partial charge in [0.2, 0.25) is 11.8 Å². The van der Waals surface area contributed by atoms with Crippen LogP contribution in [0.4, 0.5) is 4.79 Å². The fraction of sp³-hybridized carbons (Fsp3) is 0.375. The van der Waals surface area contributed by atoms with Gasteiger partial charge in [0.1, 0.15) is 17.7 Å². The maximum absolute atomic E-state index is 13.0. The number of benzene rings is 1. The summed E-state index contributed by atoms with van der Waals surface area (Å²) in [5.41, 5.74) is -1.74. The van der Waals surface area contributed by atoms with Crippen LogP contribution in [-0.2, 0) is 30.5 Å². The monoisotopic (exact) mass is 470 g/mol. The Morgan fingerprint density at radius 3 is 2.15 bits per heavy atom. The molecular formula is C24H30N4O6. The van der Waals surface area contributed by atoms with Gasteiger partial charge < -0.3 is 25.4 Å². The first kappa shape index (κ1) is 26.3. The van der Waals surface area contributed by atoms with Gasteiger partial charge in [0.15, 0.2) is 6.04 Å². The van der Waals surface area contributed by atoms with E-state index in [9.17, 15) is 19.2 Å². The first-order valence-electron chi connectivity index (χ1n) is 10.6. The number of nitrogens with one attached hydrogen (secondary N) is 3. The van der Waals surface area contributed by atoms with E-state index in [1.165, 1.54) is 41.0 Å².